The smallest absolute Gasteiger partial charge is 0.130 e. The molecule has 1 saturated carbocycles. The topological polar surface area (TPSA) is 62.4 Å². The number of nitrogen functional groups attached to an aromatic ring is 1. The number of hydrogen-bond acceptors (Lipinski definition) is 4. The number of hydrogen-bond donors (Lipinski definition) is 2. The minimum Gasteiger partial charge on any atom is -0.398 e. The Balaban J connectivity index is 2.20. The van der Waals surface area contributed by atoms with Gasteiger partial charge in [0.05, 0.1) is 6.61 Å². The number of nitrogens with two attached hydrogens (primary N) is 1. The Morgan fingerprint density at radius 1 is 1.56 bits per heavy atom. The predicted molar refractivity (Wildman–Crippen MR) is 65.5 cm³/mol. The highest BCUT2D eigenvalue weighted by molar-refractivity contribution is 5.55. The van der Waals surface area contributed by atoms with Gasteiger partial charge in [0, 0.05) is 30.5 Å². The van der Waals surface area contributed by atoms with Gasteiger partial charge in [-0.15, -0.1) is 0 Å². The summed E-state index contributed by atoms with van der Waals surface area (Å²) in [6, 6.07) is 2.44. The molecule has 1 aliphatic rings. The Bertz CT molecular complexity index is 363. The van der Waals surface area contributed by atoms with Crippen molar-refractivity contribution < 1.29 is 5.11 Å². The number of nitrogens with zero attached hydrogens (tertiary/aromatic N) is 2. The number of rotatable bonds is 4. The zero-order valence-electron chi connectivity index (χ0n) is 9.69. The maximum absolute atomic E-state index is 9.09. The van der Waals surface area contributed by atoms with Gasteiger partial charge in [-0.1, -0.05) is 0 Å². The summed E-state index contributed by atoms with van der Waals surface area (Å²) < 4.78 is 0. The fraction of sp³-hybridized carbons (Fsp3) is 0.583. The summed E-state index contributed by atoms with van der Waals surface area (Å²) in [6.45, 7) is 2.75. The lowest BCUT2D eigenvalue weighted by Crippen LogP contribution is -2.42. The van der Waals surface area contributed by atoms with E-state index < -0.39 is 0 Å². The zero-order valence-corrected chi connectivity index (χ0v) is 9.69. The Kier molecular flexibility index (Phi) is 3.29. The molecule has 4 nitrogen and oxygen atoms in total. The summed E-state index contributed by atoms with van der Waals surface area (Å²) >= 11 is 0. The van der Waals surface area contributed by atoms with Crippen molar-refractivity contribution in [2.45, 2.75) is 32.2 Å². The Labute approximate surface area is 96.1 Å². The first-order chi connectivity index (χ1) is 7.72. The van der Waals surface area contributed by atoms with E-state index in [2.05, 4.69) is 9.88 Å². The number of anilines is 2. The van der Waals surface area contributed by atoms with Crippen molar-refractivity contribution >= 4 is 11.5 Å². The van der Waals surface area contributed by atoms with Crippen LogP contribution in [0.15, 0.2) is 12.3 Å². The van der Waals surface area contributed by atoms with E-state index in [9.17, 15) is 0 Å². The number of aliphatic hydroxyl groups is 1. The average Bonchev–Trinajstić information content (AvgIpc) is 2.19. The van der Waals surface area contributed by atoms with Gasteiger partial charge < -0.3 is 15.7 Å². The van der Waals surface area contributed by atoms with Crippen LogP contribution in [0.1, 0.15) is 24.8 Å². The highest BCUT2D eigenvalue weighted by atomic mass is 16.3. The van der Waals surface area contributed by atoms with Crippen LogP contribution in [0, 0.1) is 6.92 Å². The molecule has 2 rings (SSSR count). The molecule has 0 radical (unpaired) electrons. The summed E-state index contributed by atoms with van der Waals surface area (Å²) in [6.07, 6.45) is 5.45. The van der Waals surface area contributed by atoms with Gasteiger partial charge in [0.2, 0.25) is 0 Å². The standard InChI is InChI=1S/C12H19N3O/c1-9-8-14-12(7-11(9)13)15(5-6-16)10-3-2-4-10/h7-8,10,16H,2-6H2,1H3,(H2,13,14). The zero-order chi connectivity index (χ0) is 11.5. The molecule has 0 aromatic carbocycles. The minimum absolute atomic E-state index is 0.159. The predicted octanol–water partition coefficient (Wildman–Crippen LogP) is 1.32. The molecule has 0 unspecified atom stereocenters. The van der Waals surface area contributed by atoms with E-state index in [-0.39, 0.29) is 6.61 Å². The number of aromatic nitrogens is 1. The highest BCUT2D eigenvalue weighted by Gasteiger charge is 2.25. The largest absolute Gasteiger partial charge is 0.398 e. The van der Waals surface area contributed by atoms with Crippen LogP contribution >= 0.6 is 0 Å². The number of pyridine rings is 1. The fourth-order valence-corrected chi connectivity index (χ4v) is 1.98. The van der Waals surface area contributed by atoms with Crippen LogP contribution in [0.2, 0.25) is 0 Å². The molecule has 0 aliphatic heterocycles. The molecule has 4 heteroatoms. The van der Waals surface area contributed by atoms with Crippen molar-refractivity contribution in [3.8, 4) is 0 Å². The van der Waals surface area contributed by atoms with Gasteiger partial charge >= 0.3 is 0 Å². The first-order valence-electron chi connectivity index (χ1n) is 5.82. The van der Waals surface area contributed by atoms with Gasteiger partial charge in [0.1, 0.15) is 5.82 Å². The lowest BCUT2D eigenvalue weighted by Gasteiger charge is -2.38. The maximum atomic E-state index is 9.09. The molecule has 1 aromatic heterocycles. The van der Waals surface area contributed by atoms with E-state index in [0.29, 0.717) is 12.6 Å². The highest BCUT2D eigenvalue weighted by Crippen LogP contribution is 2.29. The van der Waals surface area contributed by atoms with Crippen LogP contribution in [-0.4, -0.2) is 29.3 Å². The molecule has 1 aliphatic carbocycles. The van der Waals surface area contributed by atoms with E-state index in [0.717, 1.165) is 17.1 Å². The number of aliphatic hydroxyl groups excluding tert-OH is 1. The van der Waals surface area contributed by atoms with E-state index in [1.165, 1.54) is 19.3 Å². The van der Waals surface area contributed by atoms with Crippen molar-refractivity contribution in [3.63, 3.8) is 0 Å². The van der Waals surface area contributed by atoms with E-state index in [1.54, 1.807) is 6.20 Å². The molecule has 0 saturated heterocycles. The quantitative estimate of drug-likeness (QED) is 0.805. The van der Waals surface area contributed by atoms with Crippen LogP contribution in [0.5, 0.6) is 0 Å². The van der Waals surface area contributed by atoms with Crippen molar-refractivity contribution in [1.29, 1.82) is 0 Å². The molecule has 88 valence electrons. The van der Waals surface area contributed by atoms with E-state index in [4.69, 9.17) is 10.8 Å². The van der Waals surface area contributed by atoms with E-state index >= 15 is 0 Å². The van der Waals surface area contributed by atoms with Crippen molar-refractivity contribution in [1.82, 2.24) is 4.98 Å². The van der Waals surface area contributed by atoms with Crippen LogP contribution in [0.4, 0.5) is 11.5 Å². The molecule has 0 atom stereocenters. The summed E-state index contributed by atoms with van der Waals surface area (Å²) in [5.74, 6) is 0.891. The monoisotopic (exact) mass is 221 g/mol. The first kappa shape index (κ1) is 11.2. The number of aryl methyl sites for hydroxylation is 1. The van der Waals surface area contributed by atoms with Gasteiger partial charge in [0.25, 0.3) is 0 Å². The molecule has 0 spiro atoms. The molecule has 1 heterocycles. The Hall–Kier alpha value is -1.29. The molecular formula is C12H19N3O. The lowest BCUT2D eigenvalue weighted by atomic mass is 9.91. The fourth-order valence-electron chi connectivity index (χ4n) is 1.98. The van der Waals surface area contributed by atoms with Crippen molar-refractivity contribution in [2.75, 3.05) is 23.8 Å². The second kappa shape index (κ2) is 4.70. The van der Waals surface area contributed by atoms with Crippen LogP contribution < -0.4 is 10.6 Å². The third-order valence-corrected chi connectivity index (χ3v) is 3.28. The van der Waals surface area contributed by atoms with Crippen LogP contribution in [0.3, 0.4) is 0 Å². The molecular weight excluding hydrogens is 202 g/mol. The third kappa shape index (κ3) is 2.11. The summed E-state index contributed by atoms with van der Waals surface area (Å²) in [5, 5.41) is 9.09. The normalized spacial score (nSPS) is 15.9. The second-order valence-corrected chi connectivity index (χ2v) is 4.40. The van der Waals surface area contributed by atoms with Crippen LogP contribution in [-0.2, 0) is 0 Å². The lowest BCUT2D eigenvalue weighted by molar-refractivity contribution is 0.283. The molecule has 1 aromatic rings. The summed E-state index contributed by atoms with van der Waals surface area (Å²) in [5.41, 5.74) is 7.66. The molecule has 16 heavy (non-hydrogen) atoms. The molecule has 3 N–H and O–H groups in total. The van der Waals surface area contributed by atoms with Crippen molar-refractivity contribution in [3.05, 3.63) is 17.8 Å². The summed E-state index contributed by atoms with van der Waals surface area (Å²) in [4.78, 5) is 6.56. The van der Waals surface area contributed by atoms with E-state index in [1.807, 2.05) is 13.0 Å². The minimum atomic E-state index is 0.159. The van der Waals surface area contributed by atoms with Crippen LogP contribution in [0.25, 0.3) is 0 Å². The molecule has 0 bridgehead atoms. The second-order valence-electron chi connectivity index (χ2n) is 4.40. The Morgan fingerprint density at radius 2 is 2.31 bits per heavy atom. The summed E-state index contributed by atoms with van der Waals surface area (Å²) in [7, 11) is 0. The van der Waals surface area contributed by atoms with Gasteiger partial charge in [-0.05, 0) is 31.7 Å². The first-order valence-corrected chi connectivity index (χ1v) is 5.82. The van der Waals surface area contributed by atoms with Gasteiger partial charge in [0.15, 0.2) is 0 Å². The Morgan fingerprint density at radius 3 is 2.81 bits per heavy atom. The van der Waals surface area contributed by atoms with Crippen molar-refractivity contribution in [2.24, 2.45) is 0 Å². The molecule has 1 fully saturated rings. The van der Waals surface area contributed by atoms with Gasteiger partial charge in [-0.25, -0.2) is 4.98 Å². The third-order valence-electron chi connectivity index (χ3n) is 3.28. The average molecular weight is 221 g/mol. The SMILES string of the molecule is Cc1cnc(N(CCO)C2CCC2)cc1N. The maximum Gasteiger partial charge on any atom is 0.130 e. The van der Waals surface area contributed by atoms with Gasteiger partial charge in [-0.3, -0.25) is 0 Å². The molecule has 0 amide bonds. The van der Waals surface area contributed by atoms with Gasteiger partial charge in [-0.2, -0.15) is 0 Å².